The van der Waals surface area contributed by atoms with E-state index in [0.29, 0.717) is 11.9 Å². The average molecular weight is 311 g/mol. The Balaban J connectivity index is 1.51. The van der Waals surface area contributed by atoms with Gasteiger partial charge < -0.3 is 10.2 Å². The van der Waals surface area contributed by atoms with E-state index in [4.69, 9.17) is 0 Å². The molecule has 0 bridgehead atoms. The fourth-order valence-corrected chi connectivity index (χ4v) is 3.53. The van der Waals surface area contributed by atoms with Crippen molar-refractivity contribution in [3.05, 3.63) is 45.9 Å². The van der Waals surface area contributed by atoms with Gasteiger partial charge in [-0.1, -0.05) is 24.3 Å². The number of piperidine rings is 1. The lowest BCUT2D eigenvalue weighted by Gasteiger charge is -2.26. The van der Waals surface area contributed by atoms with Crippen molar-refractivity contribution in [2.75, 3.05) is 23.3 Å². The predicted octanol–water partition coefficient (Wildman–Crippen LogP) is 1.73. The van der Waals surface area contributed by atoms with Gasteiger partial charge in [0.2, 0.25) is 11.9 Å². The van der Waals surface area contributed by atoms with E-state index in [1.807, 2.05) is 0 Å². The van der Waals surface area contributed by atoms with Crippen molar-refractivity contribution in [1.82, 2.24) is 15.0 Å². The monoisotopic (exact) mass is 311 g/mol. The molecule has 0 saturated carbocycles. The maximum Gasteiger partial charge on any atom is 0.350 e. The number of hydrogen-bond donors (Lipinski definition) is 2. The molecule has 0 amide bonds. The lowest BCUT2D eigenvalue weighted by molar-refractivity contribution is 0.566. The molecule has 0 atom stereocenters. The van der Waals surface area contributed by atoms with Crippen LogP contribution in [0.5, 0.6) is 0 Å². The van der Waals surface area contributed by atoms with Gasteiger partial charge in [0.05, 0.1) is 0 Å². The maximum atomic E-state index is 11.9. The average Bonchev–Trinajstić information content (AvgIpc) is 2.97. The number of H-pyrrole nitrogens is 1. The highest BCUT2D eigenvalue weighted by Crippen LogP contribution is 2.23. The molecule has 120 valence electrons. The molecule has 1 aliphatic carbocycles. The van der Waals surface area contributed by atoms with Gasteiger partial charge in [0.25, 0.3) is 0 Å². The van der Waals surface area contributed by atoms with Crippen molar-refractivity contribution in [2.24, 2.45) is 0 Å². The number of anilines is 2. The first-order valence-corrected chi connectivity index (χ1v) is 8.34. The van der Waals surface area contributed by atoms with E-state index in [2.05, 4.69) is 49.4 Å². The largest absolute Gasteiger partial charge is 0.352 e. The Morgan fingerprint density at radius 2 is 1.74 bits per heavy atom. The highest BCUT2D eigenvalue weighted by Gasteiger charge is 2.22. The molecule has 1 aromatic carbocycles. The molecule has 2 aliphatic rings. The van der Waals surface area contributed by atoms with E-state index in [1.54, 1.807) is 0 Å². The lowest BCUT2D eigenvalue weighted by atomic mass is 10.1. The first kappa shape index (κ1) is 14.2. The standard InChI is InChI=1S/C17H21N5O/c23-17-20-15(19-16(21-17)22-8-4-1-5-9-22)18-14-10-12-6-2-3-7-13(12)11-14/h2-3,6-7,14H,1,4-5,8-11H2,(H2,18,19,20,21,23). The number of nitrogens with one attached hydrogen (secondary N) is 2. The van der Waals surface area contributed by atoms with Gasteiger partial charge in [0.1, 0.15) is 0 Å². The molecule has 1 fully saturated rings. The van der Waals surface area contributed by atoms with Gasteiger partial charge in [-0.3, -0.25) is 4.98 Å². The summed E-state index contributed by atoms with van der Waals surface area (Å²) < 4.78 is 0. The minimum Gasteiger partial charge on any atom is -0.352 e. The molecule has 4 rings (SSSR count). The van der Waals surface area contributed by atoms with Gasteiger partial charge in [-0.05, 0) is 43.2 Å². The number of nitrogens with zero attached hydrogens (tertiary/aromatic N) is 3. The second-order valence-electron chi connectivity index (χ2n) is 6.37. The van der Waals surface area contributed by atoms with Gasteiger partial charge in [-0.15, -0.1) is 0 Å². The third-order valence-electron chi connectivity index (χ3n) is 4.67. The summed E-state index contributed by atoms with van der Waals surface area (Å²) in [6, 6.07) is 8.74. The fraction of sp³-hybridized carbons (Fsp3) is 0.471. The van der Waals surface area contributed by atoms with Crippen LogP contribution < -0.4 is 15.9 Å². The van der Waals surface area contributed by atoms with Crippen LogP contribution in [0.4, 0.5) is 11.9 Å². The van der Waals surface area contributed by atoms with Crippen molar-refractivity contribution in [3.8, 4) is 0 Å². The Bertz CT molecular complexity index is 726. The van der Waals surface area contributed by atoms with Crippen molar-refractivity contribution in [3.63, 3.8) is 0 Å². The molecule has 0 radical (unpaired) electrons. The number of aromatic amines is 1. The Morgan fingerprint density at radius 1 is 1.04 bits per heavy atom. The zero-order valence-electron chi connectivity index (χ0n) is 13.1. The molecule has 0 unspecified atom stereocenters. The van der Waals surface area contributed by atoms with E-state index >= 15 is 0 Å². The summed E-state index contributed by atoms with van der Waals surface area (Å²) in [6.45, 7) is 1.86. The molecule has 1 aromatic heterocycles. The second kappa shape index (κ2) is 6.02. The van der Waals surface area contributed by atoms with Gasteiger partial charge in [-0.2, -0.15) is 9.97 Å². The van der Waals surface area contributed by atoms with Crippen molar-refractivity contribution in [2.45, 2.75) is 38.1 Å². The van der Waals surface area contributed by atoms with E-state index in [9.17, 15) is 4.79 Å². The van der Waals surface area contributed by atoms with E-state index in [0.717, 1.165) is 38.8 Å². The highest BCUT2D eigenvalue weighted by atomic mass is 16.1. The summed E-state index contributed by atoms with van der Waals surface area (Å²) in [4.78, 5) is 25.3. The molecular weight excluding hydrogens is 290 g/mol. The van der Waals surface area contributed by atoms with Crippen molar-refractivity contribution >= 4 is 11.9 Å². The third-order valence-corrected chi connectivity index (χ3v) is 4.67. The van der Waals surface area contributed by atoms with Crippen LogP contribution in [-0.2, 0) is 12.8 Å². The highest BCUT2D eigenvalue weighted by molar-refractivity contribution is 5.40. The molecule has 1 aliphatic heterocycles. The van der Waals surface area contributed by atoms with Gasteiger partial charge in [-0.25, -0.2) is 4.79 Å². The van der Waals surface area contributed by atoms with Gasteiger partial charge in [0, 0.05) is 19.1 Å². The van der Waals surface area contributed by atoms with Crippen LogP contribution >= 0.6 is 0 Å². The summed E-state index contributed by atoms with van der Waals surface area (Å²) in [5.41, 5.74) is 2.41. The smallest absolute Gasteiger partial charge is 0.350 e. The van der Waals surface area contributed by atoms with Gasteiger partial charge in [0.15, 0.2) is 0 Å². The van der Waals surface area contributed by atoms with Crippen LogP contribution in [0, 0.1) is 0 Å². The number of hydrogen-bond acceptors (Lipinski definition) is 5. The molecular formula is C17H21N5O. The summed E-state index contributed by atoms with van der Waals surface area (Å²) >= 11 is 0. The molecule has 2 N–H and O–H groups in total. The molecule has 6 heteroatoms. The van der Waals surface area contributed by atoms with Crippen molar-refractivity contribution < 1.29 is 0 Å². The fourth-order valence-electron chi connectivity index (χ4n) is 3.53. The van der Waals surface area contributed by atoms with E-state index in [1.165, 1.54) is 17.5 Å². The summed E-state index contributed by atoms with van der Waals surface area (Å²) in [6.07, 6.45) is 5.43. The van der Waals surface area contributed by atoms with Crippen LogP contribution in [0.25, 0.3) is 0 Å². The first-order valence-electron chi connectivity index (χ1n) is 8.34. The quantitative estimate of drug-likeness (QED) is 0.903. The zero-order valence-corrected chi connectivity index (χ0v) is 13.1. The van der Waals surface area contributed by atoms with Crippen LogP contribution in [0.15, 0.2) is 29.1 Å². The molecule has 2 heterocycles. The molecule has 0 spiro atoms. The van der Waals surface area contributed by atoms with Crippen LogP contribution in [-0.4, -0.2) is 34.1 Å². The Morgan fingerprint density at radius 3 is 2.43 bits per heavy atom. The van der Waals surface area contributed by atoms with Crippen LogP contribution in [0.1, 0.15) is 30.4 Å². The summed E-state index contributed by atoms with van der Waals surface area (Å²) in [5, 5.41) is 3.37. The van der Waals surface area contributed by atoms with Gasteiger partial charge >= 0.3 is 5.69 Å². The minimum atomic E-state index is -0.335. The number of benzene rings is 1. The third kappa shape index (κ3) is 3.06. The minimum absolute atomic E-state index is 0.271. The summed E-state index contributed by atoms with van der Waals surface area (Å²) in [5.74, 6) is 1.08. The SMILES string of the molecule is O=c1nc(N2CCCCC2)nc(NC2Cc3ccccc3C2)[nH]1. The van der Waals surface area contributed by atoms with Crippen LogP contribution in [0.2, 0.25) is 0 Å². The molecule has 1 saturated heterocycles. The second-order valence-corrected chi connectivity index (χ2v) is 6.37. The number of aromatic nitrogens is 3. The maximum absolute atomic E-state index is 11.9. The topological polar surface area (TPSA) is 73.9 Å². The van der Waals surface area contributed by atoms with Crippen molar-refractivity contribution in [1.29, 1.82) is 0 Å². The Hall–Kier alpha value is -2.37. The molecule has 2 aromatic rings. The van der Waals surface area contributed by atoms with E-state index in [-0.39, 0.29) is 11.7 Å². The van der Waals surface area contributed by atoms with Crippen LogP contribution in [0.3, 0.4) is 0 Å². The first-order chi connectivity index (χ1) is 11.3. The lowest BCUT2D eigenvalue weighted by Crippen LogP contribution is -2.34. The van der Waals surface area contributed by atoms with E-state index < -0.39 is 0 Å². The Kier molecular flexibility index (Phi) is 3.73. The Labute approximate surface area is 135 Å². The summed E-state index contributed by atoms with van der Waals surface area (Å²) in [7, 11) is 0. The number of rotatable bonds is 3. The molecule has 23 heavy (non-hydrogen) atoms. The zero-order chi connectivity index (χ0) is 15.6. The number of fused-ring (bicyclic) bond motifs is 1. The predicted molar refractivity (Wildman–Crippen MR) is 90.0 cm³/mol. The normalized spacial score (nSPS) is 18.0. The molecule has 6 nitrogen and oxygen atoms in total.